The van der Waals surface area contributed by atoms with E-state index in [1.165, 1.54) is 0 Å². The van der Waals surface area contributed by atoms with Crippen molar-refractivity contribution in [3.8, 4) is 0 Å². The molecule has 110 valence electrons. The van der Waals surface area contributed by atoms with Gasteiger partial charge < -0.3 is 11.1 Å². The van der Waals surface area contributed by atoms with E-state index < -0.39 is 6.04 Å². The summed E-state index contributed by atoms with van der Waals surface area (Å²) < 4.78 is 1.02. The van der Waals surface area contributed by atoms with Gasteiger partial charge in [-0.15, -0.1) is 0 Å². The summed E-state index contributed by atoms with van der Waals surface area (Å²) in [5.41, 5.74) is 8.10. The van der Waals surface area contributed by atoms with Gasteiger partial charge in [0.25, 0.3) is 0 Å². The minimum atomic E-state index is -0.537. The van der Waals surface area contributed by atoms with Gasteiger partial charge in [-0.2, -0.15) is 0 Å². The molecule has 4 heteroatoms. The van der Waals surface area contributed by atoms with Crippen LogP contribution in [0.4, 0.5) is 0 Å². The molecule has 0 bridgehead atoms. The molecule has 2 aromatic carbocycles. The number of carbonyl (C=O) groups excluding carboxylic acids is 1. The fourth-order valence-electron chi connectivity index (χ4n) is 2.12. The molecule has 2 rings (SSSR count). The van der Waals surface area contributed by atoms with Gasteiger partial charge in [0.2, 0.25) is 5.91 Å². The first-order chi connectivity index (χ1) is 10.1. The SMILES string of the molecule is CC(NC(=O)C(N)Cc1ccccc1)c1ccc(Br)cc1. The summed E-state index contributed by atoms with van der Waals surface area (Å²) in [5.74, 6) is -0.130. The van der Waals surface area contributed by atoms with E-state index in [4.69, 9.17) is 5.73 Å². The summed E-state index contributed by atoms with van der Waals surface area (Å²) in [7, 11) is 0. The fourth-order valence-corrected chi connectivity index (χ4v) is 2.38. The maximum absolute atomic E-state index is 12.2. The van der Waals surface area contributed by atoms with Crippen molar-refractivity contribution >= 4 is 21.8 Å². The molecule has 1 amide bonds. The fraction of sp³-hybridized carbons (Fsp3) is 0.235. The first-order valence-electron chi connectivity index (χ1n) is 6.91. The molecule has 2 atom stereocenters. The van der Waals surface area contributed by atoms with Crippen molar-refractivity contribution in [3.05, 3.63) is 70.2 Å². The molecule has 0 saturated carbocycles. The third kappa shape index (κ3) is 4.69. The van der Waals surface area contributed by atoms with Gasteiger partial charge in [-0.3, -0.25) is 4.79 Å². The number of amides is 1. The second-order valence-corrected chi connectivity index (χ2v) is 5.99. The van der Waals surface area contributed by atoms with Gasteiger partial charge in [0.15, 0.2) is 0 Å². The van der Waals surface area contributed by atoms with Crippen LogP contribution in [0, 0.1) is 0 Å². The lowest BCUT2D eigenvalue weighted by Gasteiger charge is -2.18. The van der Waals surface area contributed by atoms with E-state index in [2.05, 4.69) is 21.2 Å². The molecular formula is C17H19BrN2O. The largest absolute Gasteiger partial charge is 0.348 e. The van der Waals surface area contributed by atoms with Gasteiger partial charge in [-0.25, -0.2) is 0 Å². The van der Waals surface area contributed by atoms with Crippen molar-refractivity contribution in [1.82, 2.24) is 5.32 Å². The zero-order valence-electron chi connectivity index (χ0n) is 11.9. The number of nitrogens with one attached hydrogen (secondary N) is 1. The number of hydrogen-bond donors (Lipinski definition) is 2. The van der Waals surface area contributed by atoms with Crippen molar-refractivity contribution in [1.29, 1.82) is 0 Å². The van der Waals surface area contributed by atoms with Crippen LogP contribution in [0.1, 0.15) is 24.1 Å². The number of hydrogen-bond acceptors (Lipinski definition) is 2. The smallest absolute Gasteiger partial charge is 0.237 e. The first kappa shape index (κ1) is 15.7. The van der Waals surface area contributed by atoms with Crippen LogP contribution < -0.4 is 11.1 Å². The Bertz CT molecular complexity index is 583. The lowest BCUT2D eigenvalue weighted by molar-refractivity contribution is -0.123. The van der Waals surface area contributed by atoms with Crippen LogP contribution in [0.25, 0.3) is 0 Å². The Hall–Kier alpha value is -1.65. The van der Waals surface area contributed by atoms with Crippen LogP contribution in [0.3, 0.4) is 0 Å². The van der Waals surface area contributed by atoms with E-state index in [1.807, 2.05) is 61.5 Å². The van der Waals surface area contributed by atoms with E-state index >= 15 is 0 Å². The highest BCUT2D eigenvalue weighted by atomic mass is 79.9. The minimum absolute atomic E-state index is 0.0626. The third-order valence-electron chi connectivity index (χ3n) is 3.36. The monoisotopic (exact) mass is 346 g/mol. The second-order valence-electron chi connectivity index (χ2n) is 5.08. The van der Waals surface area contributed by atoms with Crippen LogP contribution in [0.15, 0.2) is 59.1 Å². The zero-order chi connectivity index (χ0) is 15.2. The van der Waals surface area contributed by atoms with E-state index in [9.17, 15) is 4.79 Å². The third-order valence-corrected chi connectivity index (χ3v) is 3.89. The number of halogens is 1. The lowest BCUT2D eigenvalue weighted by Crippen LogP contribution is -2.42. The average molecular weight is 347 g/mol. The van der Waals surface area contributed by atoms with E-state index in [0.29, 0.717) is 6.42 Å². The Kier molecular flexibility index (Phi) is 5.53. The minimum Gasteiger partial charge on any atom is -0.348 e. The average Bonchev–Trinajstić information content (AvgIpc) is 2.48. The summed E-state index contributed by atoms with van der Waals surface area (Å²) >= 11 is 3.40. The summed E-state index contributed by atoms with van der Waals surface area (Å²) in [6.45, 7) is 1.95. The summed E-state index contributed by atoms with van der Waals surface area (Å²) in [4.78, 5) is 12.2. The molecular weight excluding hydrogens is 328 g/mol. The van der Waals surface area contributed by atoms with E-state index in [0.717, 1.165) is 15.6 Å². The second kappa shape index (κ2) is 7.38. The number of rotatable bonds is 5. The normalized spacial score (nSPS) is 13.5. The maximum atomic E-state index is 12.2. The molecule has 21 heavy (non-hydrogen) atoms. The Morgan fingerprint density at radius 3 is 2.38 bits per heavy atom. The molecule has 0 aromatic heterocycles. The van der Waals surface area contributed by atoms with Crippen molar-refractivity contribution in [3.63, 3.8) is 0 Å². The Morgan fingerprint density at radius 1 is 1.14 bits per heavy atom. The number of benzene rings is 2. The Balaban J connectivity index is 1.92. The lowest BCUT2D eigenvalue weighted by atomic mass is 10.0. The summed E-state index contributed by atoms with van der Waals surface area (Å²) in [5, 5.41) is 2.96. The maximum Gasteiger partial charge on any atom is 0.237 e. The molecule has 2 unspecified atom stereocenters. The molecule has 3 N–H and O–H groups in total. The molecule has 3 nitrogen and oxygen atoms in total. The summed E-state index contributed by atoms with van der Waals surface area (Å²) in [6, 6.07) is 17.1. The topological polar surface area (TPSA) is 55.1 Å². The van der Waals surface area contributed by atoms with Gasteiger partial charge in [-0.1, -0.05) is 58.4 Å². The molecule has 0 aliphatic heterocycles. The van der Waals surface area contributed by atoms with Crippen molar-refractivity contribution < 1.29 is 4.79 Å². The van der Waals surface area contributed by atoms with Crippen LogP contribution in [-0.2, 0) is 11.2 Å². The van der Waals surface area contributed by atoms with Gasteiger partial charge in [-0.05, 0) is 36.6 Å². The number of nitrogens with two attached hydrogens (primary N) is 1. The predicted molar refractivity (Wildman–Crippen MR) is 88.8 cm³/mol. The molecule has 0 radical (unpaired) electrons. The molecule has 0 aliphatic carbocycles. The molecule has 0 aliphatic rings. The van der Waals surface area contributed by atoms with Crippen LogP contribution >= 0.6 is 15.9 Å². The Labute approximate surface area is 133 Å². The van der Waals surface area contributed by atoms with Gasteiger partial charge in [0, 0.05) is 4.47 Å². The highest BCUT2D eigenvalue weighted by molar-refractivity contribution is 9.10. The van der Waals surface area contributed by atoms with Crippen LogP contribution in [-0.4, -0.2) is 11.9 Å². The van der Waals surface area contributed by atoms with Crippen molar-refractivity contribution in [2.75, 3.05) is 0 Å². The Morgan fingerprint density at radius 2 is 1.76 bits per heavy atom. The van der Waals surface area contributed by atoms with Gasteiger partial charge in [0.05, 0.1) is 12.1 Å². The number of carbonyl (C=O) groups is 1. The zero-order valence-corrected chi connectivity index (χ0v) is 13.5. The van der Waals surface area contributed by atoms with Crippen molar-refractivity contribution in [2.24, 2.45) is 5.73 Å². The highest BCUT2D eigenvalue weighted by Gasteiger charge is 2.16. The molecule has 0 saturated heterocycles. The van der Waals surface area contributed by atoms with Gasteiger partial charge in [0.1, 0.15) is 0 Å². The van der Waals surface area contributed by atoms with Crippen LogP contribution in [0.2, 0.25) is 0 Å². The van der Waals surface area contributed by atoms with Crippen LogP contribution in [0.5, 0.6) is 0 Å². The molecule has 2 aromatic rings. The van der Waals surface area contributed by atoms with Crippen molar-refractivity contribution in [2.45, 2.75) is 25.4 Å². The highest BCUT2D eigenvalue weighted by Crippen LogP contribution is 2.16. The quantitative estimate of drug-likeness (QED) is 0.873. The standard InChI is InChI=1S/C17H19BrN2O/c1-12(14-7-9-15(18)10-8-14)20-17(21)16(19)11-13-5-3-2-4-6-13/h2-10,12,16H,11,19H2,1H3,(H,20,21). The van der Waals surface area contributed by atoms with E-state index in [-0.39, 0.29) is 11.9 Å². The predicted octanol–water partition coefficient (Wildman–Crippen LogP) is 3.20. The molecule has 0 heterocycles. The van der Waals surface area contributed by atoms with Gasteiger partial charge >= 0.3 is 0 Å². The molecule has 0 fully saturated rings. The summed E-state index contributed by atoms with van der Waals surface area (Å²) in [6.07, 6.45) is 0.541. The van der Waals surface area contributed by atoms with E-state index in [1.54, 1.807) is 0 Å². The molecule has 0 spiro atoms. The first-order valence-corrected chi connectivity index (χ1v) is 7.71.